The number of piperidine rings is 1. The molecule has 1 aromatic rings. The van der Waals surface area contributed by atoms with Crippen LogP contribution in [0.1, 0.15) is 31.7 Å². The van der Waals surface area contributed by atoms with Crippen LogP contribution in [0.25, 0.3) is 0 Å². The van der Waals surface area contributed by atoms with E-state index >= 15 is 0 Å². The molecule has 2 atom stereocenters. The van der Waals surface area contributed by atoms with Crippen molar-refractivity contribution in [2.24, 2.45) is 17.8 Å². The Morgan fingerprint density at radius 3 is 2.25 bits per heavy atom. The Morgan fingerprint density at radius 2 is 1.71 bits per heavy atom. The van der Waals surface area contributed by atoms with Crippen LogP contribution in [0.5, 0.6) is 0 Å². The van der Waals surface area contributed by atoms with Crippen molar-refractivity contribution >= 4 is 16.0 Å². The predicted octanol–water partition coefficient (Wildman–Crippen LogP) is 2.59. The van der Waals surface area contributed by atoms with Gasteiger partial charge in [-0.15, -0.1) is 0 Å². The van der Waals surface area contributed by atoms with Crippen LogP contribution in [0.3, 0.4) is 0 Å². The summed E-state index contributed by atoms with van der Waals surface area (Å²) in [5.74, 6) is 0.291. The fourth-order valence-electron chi connectivity index (χ4n) is 4.02. The standard InChI is InChI=1S/C18H25NO4S/c1-3-23-18(20)16-9-14-8-15(10-16)12-19(11-14)24(21,22)17-6-4-13(2)5-7-17/h4-7,14-16H,3,8-12H2,1-2H3. The van der Waals surface area contributed by atoms with Gasteiger partial charge in [0.25, 0.3) is 0 Å². The molecule has 1 heterocycles. The minimum absolute atomic E-state index is 0.0714. The maximum Gasteiger partial charge on any atom is 0.308 e. The molecule has 2 aliphatic rings. The van der Waals surface area contributed by atoms with Crippen molar-refractivity contribution in [3.8, 4) is 0 Å². The summed E-state index contributed by atoms with van der Waals surface area (Å²) in [5, 5.41) is 0. The van der Waals surface area contributed by atoms with Crippen molar-refractivity contribution < 1.29 is 17.9 Å². The Bertz CT molecular complexity index is 684. The zero-order chi connectivity index (χ0) is 17.3. The van der Waals surface area contributed by atoms with Gasteiger partial charge in [0.1, 0.15) is 0 Å². The first kappa shape index (κ1) is 17.4. The quantitative estimate of drug-likeness (QED) is 0.782. The summed E-state index contributed by atoms with van der Waals surface area (Å²) >= 11 is 0. The summed E-state index contributed by atoms with van der Waals surface area (Å²) in [7, 11) is -3.45. The van der Waals surface area contributed by atoms with E-state index in [1.54, 1.807) is 16.4 Å². The van der Waals surface area contributed by atoms with E-state index in [1.807, 2.05) is 26.0 Å². The number of fused-ring (bicyclic) bond motifs is 2. The zero-order valence-corrected chi connectivity index (χ0v) is 15.1. The second kappa shape index (κ2) is 6.84. The summed E-state index contributed by atoms with van der Waals surface area (Å²) in [6, 6.07) is 7.01. The number of rotatable bonds is 4. The van der Waals surface area contributed by atoms with E-state index in [0.717, 1.165) is 24.8 Å². The molecule has 1 saturated heterocycles. The number of hydrogen-bond acceptors (Lipinski definition) is 4. The van der Waals surface area contributed by atoms with Crippen LogP contribution in [-0.2, 0) is 19.6 Å². The minimum atomic E-state index is -3.45. The first-order chi connectivity index (χ1) is 11.4. The largest absolute Gasteiger partial charge is 0.466 e. The lowest BCUT2D eigenvalue weighted by atomic mass is 9.73. The summed E-state index contributed by atoms with van der Waals surface area (Å²) in [6.45, 7) is 5.17. The van der Waals surface area contributed by atoms with Crippen molar-refractivity contribution in [3.05, 3.63) is 29.8 Å². The van der Waals surface area contributed by atoms with Gasteiger partial charge >= 0.3 is 5.97 Å². The molecule has 24 heavy (non-hydrogen) atoms. The SMILES string of the molecule is CCOC(=O)C1CC2CC(C1)CN(S(=O)(=O)c1ccc(C)cc1)C2. The molecule has 1 aromatic carbocycles. The van der Waals surface area contributed by atoms with Crippen molar-refractivity contribution in [1.82, 2.24) is 4.31 Å². The third-order valence-corrected chi connectivity index (χ3v) is 6.95. The van der Waals surface area contributed by atoms with Crippen molar-refractivity contribution in [3.63, 3.8) is 0 Å². The summed E-state index contributed by atoms with van der Waals surface area (Å²) in [5.41, 5.74) is 1.04. The number of carbonyl (C=O) groups is 1. The molecular weight excluding hydrogens is 326 g/mol. The smallest absolute Gasteiger partial charge is 0.308 e. The summed E-state index contributed by atoms with van der Waals surface area (Å²) in [6.07, 6.45) is 2.47. The molecule has 0 spiro atoms. The highest BCUT2D eigenvalue weighted by Gasteiger charge is 2.41. The van der Waals surface area contributed by atoms with E-state index in [4.69, 9.17) is 4.74 Å². The van der Waals surface area contributed by atoms with Gasteiger partial charge in [0.05, 0.1) is 17.4 Å². The molecule has 0 aromatic heterocycles. The van der Waals surface area contributed by atoms with E-state index in [1.165, 1.54) is 0 Å². The van der Waals surface area contributed by atoms with Crippen LogP contribution < -0.4 is 0 Å². The number of ether oxygens (including phenoxy) is 1. The van der Waals surface area contributed by atoms with Crippen LogP contribution >= 0.6 is 0 Å². The zero-order valence-electron chi connectivity index (χ0n) is 14.3. The van der Waals surface area contributed by atoms with Crippen LogP contribution in [0.2, 0.25) is 0 Å². The highest BCUT2D eigenvalue weighted by atomic mass is 32.2. The number of hydrogen-bond donors (Lipinski definition) is 0. The molecule has 5 nitrogen and oxygen atoms in total. The lowest BCUT2D eigenvalue weighted by molar-refractivity contribution is -0.151. The monoisotopic (exact) mass is 351 g/mol. The van der Waals surface area contributed by atoms with Crippen LogP contribution in [-0.4, -0.2) is 38.4 Å². The molecule has 1 aliphatic carbocycles. The average molecular weight is 351 g/mol. The highest BCUT2D eigenvalue weighted by Crippen LogP contribution is 2.40. The lowest BCUT2D eigenvalue weighted by Crippen LogP contribution is -2.48. The van der Waals surface area contributed by atoms with E-state index in [0.29, 0.717) is 24.6 Å². The highest BCUT2D eigenvalue weighted by molar-refractivity contribution is 7.89. The fraction of sp³-hybridized carbons (Fsp3) is 0.611. The Hall–Kier alpha value is -1.40. The second-order valence-corrected chi connectivity index (χ2v) is 8.96. The Kier molecular flexibility index (Phi) is 4.97. The topological polar surface area (TPSA) is 63.7 Å². The molecule has 6 heteroatoms. The third-order valence-electron chi connectivity index (χ3n) is 5.10. The molecule has 2 bridgehead atoms. The molecule has 1 saturated carbocycles. The van der Waals surface area contributed by atoms with E-state index < -0.39 is 10.0 Å². The first-order valence-corrected chi connectivity index (χ1v) is 10.1. The second-order valence-electron chi connectivity index (χ2n) is 7.02. The Balaban J connectivity index is 1.73. The number of carbonyl (C=O) groups excluding carboxylic acids is 1. The van der Waals surface area contributed by atoms with Gasteiger partial charge in [-0.3, -0.25) is 4.79 Å². The predicted molar refractivity (Wildman–Crippen MR) is 90.9 cm³/mol. The molecule has 0 amide bonds. The van der Waals surface area contributed by atoms with Gasteiger partial charge in [-0.25, -0.2) is 8.42 Å². The normalized spacial score (nSPS) is 27.7. The average Bonchev–Trinajstić information content (AvgIpc) is 2.54. The van der Waals surface area contributed by atoms with Gasteiger partial charge in [-0.05, 0) is 57.1 Å². The molecule has 2 fully saturated rings. The van der Waals surface area contributed by atoms with Gasteiger partial charge in [0, 0.05) is 13.1 Å². The fourth-order valence-corrected chi connectivity index (χ4v) is 5.61. The number of aryl methyl sites for hydroxylation is 1. The van der Waals surface area contributed by atoms with Crippen LogP contribution in [0.15, 0.2) is 29.2 Å². The molecule has 0 radical (unpaired) electrons. The number of nitrogens with zero attached hydrogens (tertiary/aromatic N) is 1. The van der Waals surface area contributed by atoms with Crippen molar-refractivity contribution in [2.75, 3.05) is 19.7 Å². The van der Waals surface area contributed by atoms with Crippen LogP contribution in [0.4, 0.5) is 0 Å². The van der Waals surface area contributed by atoms with E-state index in [2.05, 4.69) is 0 Å². The number of benzene rings is 1. The Labute approximate surface area is 144 Å². The molecule has 0 N–H and O–H groups in total. The number of sulfonamides is 1. The summed E-state index contributed by atoms with van der Waals surface area (Å²) in [4.78, 5) is 12.4. The lowest BCUT2D eigenvalue weighted by Gasteiger charge is -2.42. The van der Waals surface area contributed by atoms with E-state index in [-0.39, 0.29) is 23.7 Å². The molecule has 3 rings (SSSR count). The minimum Gasteiger partial charge on any atom is -0.466 e. The molecular formula is C18H25NO4S. The summed E-state index contributed by atoms with van der Waals surface area (Å²) < 4.78 is 32.5. The molecule has 1 aliphatic heterocycles. The molecule has 2 unspecified atom stereocenters. The first-order valence-electron chi connectivity index (χ1n) is 8.63. The Morgan fingerprint density at radius 1 is 1.12 bits per heavy atom. The van der Waals surface area contributed by atoms with Crippen molar-refractivity contribution in [1.29, 1.82) is 0 Å². The van der Waals surface area contributed by atoms with Crippen molar-refractivity contribution in [2.45, 2.75) is 38.0 Å². The third kappa shape index (κ3) is 3.49. The van der Waals surface area contributed by atoms with Gasteiger partial charge in [0.2, 0.25) is 10.0 Å². The van der Waals surface area contributed by atoms with Gasteiger partial charge in [0.15, 0.2) is 0 Å². The van der Waals surface area contributed by atoms with E-state index in [9.17, 15) is 13.2 Å². The van der Waals surface area contributed by atoms with Gasteiger partial charge in [-0.1, -0.05) is 17.7 Å². The maximum atomic E-state index is 12.9. The number of esters is 1. The van der Waals surface area contributed by atoms with Crippen LogP contribution in [0, 0.1) is 24.7 Å². The van der Waals surface area contributed by atoms with Gasteiger partial charge in [-0.2, -0.15) is 4.31 Å². The van der Waals surface area contributed by atoms with Gasteiger partial charge < -0.3 is 4.74 Å². The maximum absolute atomic E-state index is 12.9. The molecule has 132 valence electrons.